The summed E-state index contributed by atoms with van der Waals surface area (Å²) in [4.78, 5) is 18.9. The van der Waals surface area contributed by atoms with Crippen molar-refractivity contribution < 1.29 is 18.8 Å². The van der Waals surface area contributed by atoms with Crippen molar-refractivity contribution in [2.75, 3.05) is 20.8 Å². The molecule has 26 heavy (non-hydrogen) atoms. The summed E-state index contributed by atoms with van der Waals surface area (Å²) in [6.45, 7) is 6.60. The monoisotopic (exact) mass is 359 g/mol. The van der Waals surface area contributed by atoms with Gasteiger partial charge in [0.15, 0.2) is 17.3 Å². The van der Waals surface area contributed by atoms with E-state index in [0.29, 0.717) is 36.2 Å². The van der Waals surface area contributed by atoms with E-state index >= 15 is 0 Å². The Morgan fingerprint density at radius 3 is 2.54 bits per heavy atom. The van der Waals surface area contributed by atoms with E-state index in [0.717, 1.165) is 5.56 Å². The molecule has 1 aromatic carbocycles. The van der Waals surface area contributed by atoms with Gasteiger partial charge in [-0.15, -0.1) is 0 Å². The van der Waals surface area contributed by atoms with Crippen LogP contribution < -0.4 is 9.47 Å². The predicted octanol–water partition coefficient (Wildman–Crippen LogP) is 3.29. The third-order valence-corrected chi connectivity index (χ3v) is 4.84. The molecule has 1 amide bonds. The van der Waals surface area contributed by atoms with Crippen LogP contribution in [0.1, 0.15) is 62.3 Å². The van der Waals surface area contributed by atoms with Crippen LogP contribution in [0.2, 0.25) is 0 Å². The molecule has 3 rings (SSSR count). The fraction of sp³-hybridized carbons (Fsp3) is 0.526. The summed E-state index contributed by atoms with van der Waals surface area (Å²) in [7, 11) is 3.20. The summed E-state index contributed by atoms with van der Waals surface area (Å²) in [5.74, 6) is 2.76. The molecule has 2 atom stereocenters. The molecule has 0 saturated carbocycles. The zero-order valence-corrected chi connectivity index (χ0v) is 15.9. The van der Waals surface area contributed by atoms with Crippen LogP contribution in [-0.2, 0) is 4.79 Å². The minimum absolute atomic E-state index is 0.0647. The Balaban J connectivity index is 1.77. The van der Waals surface area contributed by atoms with E-state index in [1.807, 2.05) is 43.9 Å². The topological polar surface area (TPSA) is 77.7 Å². The highest BCUT2D eigenvalue weighted by Crippen LogP contribution is 2.36. The Labute approximate surface area is 153 Å². The minimum Gasteiger partial charge on any atom is -0.493 e. The number of carbonyl (C=O) groups is 1. The molecule has 2 heterocycles. The minimum atomic E-state index is -0.0835. The number of methoxy groups -OCH3 is 2. The largest absolute Gasteiger partial charge is 0.493 e. The highest BCUT2D eigenvalue weighted by Gasteiger charge is 2.37. The molecule has 0 aliphatic carbocycles. The number of benzene rings is 1. The number of aromatic nitrogens is 2. The first kappa shape index (κ1) is 18.2. The van der Waals surface area contributed by atoms with Gasteiger partial charge in [0.2, 0.25) is 11.8 Å². The average Bonchev–Trinajstić information content (AvgIpc) is 3.27. The first-order chi connectivity index (χ1) is 12.4. The van der Waals surface area contributed by atoms with Gasteiger partial charge in [0.1, 0.15) is 0 Å². The Bertz CT molecular complexity index is 787. The zero-order valence-electron chi connectivity index (χ0n) is 15.9. The van der Waals surface area contributed by atoms with E-state index in [1.165, 1.54) is 0 Å². The Hall–Kier alpha value is -2.57. The van der Waals surface area contributed by atoms with Crippen molar-refractivity contribution in [1.29, 1.82) is 0 Å². The second-order valence-corrected chi connectivity index (χ2v) is 6.88. The Kier molecular flexibility index (Phi) is 5.15. The third kappa shape index (κ3) is 3.38. The van der Waals surface area contributed by atoms with Gasteiger partial charge in [-0.3, -0.25) is 4.79 Å². The first-order valence-electron chi connectivity index (χ1n) is 8.79. The van der Waals surface area contributed by atoms with Crippen molar-refractivity contribution >= 4 is 5.91 Å². The maximum absolute atomic E-state index is 12.6. The van der Waals surface area contributed by atoms with E-state index in [4.69, 9.17) is 14.0 Å². The summed E-state index contributed by atoms with van der Waals surface area (Å²) >= 11 is 0. The van der Waals surface area contributed by atoms with E-state index in [9.17, 15) is 4.79 Å². The lowest BCUT2D eigenvalue weighted by Crippen LogP contribution is -2.28. The molecule has 1 fully saturated rings. The van der Waals surface area contributed by atoms with Crippen LogP contribution in [0.3, 0.4) is 0 Å². The van der Waals surface area contributed by atoms with Gasteiger partial charge in [0.25, 0.3) is 0 Å². The van der Waals surface area contributed by atoms with Crippen LogP contribution in [-0.4, -0.2) is 41.7 Å². The van der Waals surface area contributed by atoms with Gasteiger partial charge >= 0.3 is 0 Å². The molecule has 1 aliphatic rings. The fourth-order valence-corrected chi connectivity index (χ4v) is 3.21. The molecule has 7 nitrogen and oxygen atoms in total. The van der Waals surface area contributed by atoms with E-state index in [-0.39, 0.29) is 23.8 Å². The molecule has 1 aromatic heterocycles. The second kappa shape index (κ2) is 7.35. The summed E-state index contributed by atoms with van der Waals surface area (Å²) in [6.07, 6.45) is 0.386. The van der Waals surface area contributed by atoms with Crippen molar-refractivity contribution in [2.24, 2.45) is 0 Å². The molecule has 0 spiro atoms. The molecule has 0 N–H and O–H groups in total. The Morgan fingerprint density at radius 1 is 1.19 bits per heavy atom. The number of ether oxygens (including phenoxy) is 2. The van der Waals surface area contributed by atoms with Gasteiger partial charge < -0.3 is 18.9 Å². The normalized spacial score (nSPS) is 18.5. The van der Waals surface area contributed by atoms with Gasteiger partial charge in [-0.25, -0.2) is 0 Å². The summed E-state index contributed by atoms with van der Waals surface area (Å²) in [5, 5.41) is 4.01. The summed E-state index contributed by atoms with van der Waals surface area (Å²) < 4.78 is 16.0. The number of hydrogen-bond donors (Lipinski definition) is 0. The number of nitrogens with zero attached hydrogens (tertiary/aromatic N) is 3. The van der Waals surface area contributed by atoms with Crippen LogP contribution in [0.25, 0.3) is 0 Å². The highest BCUT2D eigenvalue weighted by molar-refractivity contribution is 5.80. The molecule has 2 aromatic rings. The van der Waals surface area contributed by atoms with E-state index in [2.05, 4.69) is 10.1 Å². The maximum atomic E-state index is 12.6. The quantitative estimate of drug-likeness (QED) is 0.788. The van der Waals surface area contributed by atoms with Crippen LogP contribution in [0, 0.1) is 0 Å². The van der Waals surface area contributed by atoms with Crippen molar-refractivity contribution in [2.45, 2.75) is 45.1 Å². The van der Waals surface area contributed by atoms with Gasteiger partial charge in [0, 0.05) is 18.9 Å². The van der Waals surface area contributed by atoms with Crippen molar-refractivity contribution in [1.82, 2.24) is 15.0 Å². The average molecular weight is 359 g/mol. The number of amides is 1. The smallest absolute Gasteiger partial charge is 0.232 e. The molecule has 140 valence electrons. The molecule has 0 bridgehead atoms. The molecule has 1 aliphatic heterocycles. The standard InChI is InChI=1S/C19H25N3O4/c1-11(2)18-20-19(26-21-18)14-9-17(23)22(10-14)12(3)13-6-7-15(24-4)16(8-13)25-5/h6-8,11-12,14H,9-10H2,1-5H3. The predicted molar refractivity (Wildman–Crippen MR) is 95.4 cm³/mol. The van der Waals surface area contributed by atoms with Crippen LogP contribution in [0.15, 0.2) is 22.7 Å². The molecule has 2 unspecified atom stereocenters. The number of rotatable bonds is 6. The van der Waals surface area contributed by atoms with Gasteiger partial charge in [-0.2, -0.15) is 4.98 Å². The molecule has 1 saturated heterocycles. The molecule has 0 radical (unpaired) electrons. The van der Waals surface area contributed by atoms with Crippen LogP contribution in [0.5, 0.6) is 11.5 Å². The lowest BCUT2D eigenvalue weighted by Gasteiger charge is -2.25. The van der Waals surface area contributed by atoms with Crippen molar-refractivity contribution in [3.05, 3.63) is 35.5 Å². The van der Waals surface area contributed by atoms with Gasteiger partial charge in [0.05, 0.1) is 26.2 Å². The Morgan fingerprint density at radius 2 is 1.92 bits per heavy atom. The second-order valence-electron chi connectivity index (χ2n) is 6.88. The zero-order chi connectivity index (χ0) is 18.8. The van der Waals surface area contributed by atoms with Crippen LogP contribution in [0.4, 0.5) is 0 Å². The fourth-order valence-electron chi connectivity index (χ4n) is 3.21. The number of carbonyl (C=O) groups excluding carboxylic acids is 1. The molecular weight excluding hydrogens is 334 g/mol. The molecular formula is C19H25N3O4. The van der Waals surface area contributed by atoms with Gasteiger partial charge in [-0.05, 0) is 24.6 Å². The number of likely N-dealkylation sites (tertiary alicyclic amines) is 1. The maximum Gasteiger partial charge on any atom is 0.232 e. The first-order valence-corrected chi connectivity index (χ1v) is 8.79. The highest BCUT2D eigenvalue weighted by atomic mass is 16.5. The SMILES string of the molecule is COc1ccc(C(C)N2CC(c3nc(C(C)C)no3)CC2=O)cc1OC. The van der Waals surface area contributed by atoms with E-state index < -0.39 is 0 Å². The third-order valence-electron chi connectivity index (χ3n) is 4.84. The van der Waals surface area contributed by atoms with E-state index in [1.54, 1.807) is 14.2 Å². The lowest BCUT2D eigenvalue weighted by molar-refractivity contribution is -0.129. The summed E-state index contributed by atoms with van der Waals surface area (Å²) in [5.41, 5.74) is 0.991. The number of hydrogen-bond acceptors (Lipinski definition) is 6. The summed E-state index contributed by atoms with van der Waals surface area (Å²) in [6, 6.07) is 5.64. The van der Waals surface area contributed by atoms with Crippen molar-refractivity contribution in [3.63, 3.8) is 0 Å². The van der Waals surface area contributed by atoms with Crippen LogP contribution >= 0.6 is 0 Å². The molecule has 7 heteroatoms. The van der Waals surface area contributed by atoms with Gasteiger partial charge in [-0.1, -0.05) is 25.1 Å². The van der Waals surface area contributed by atoms with Crippen molar-refractivity contribution in [3.8, 4) is 11.5 Å². The lowest BCUT2D eigenvalue weighted by atomic mass is 10.1.